The van der Waals surface area contributed by atoms with Gasteiger partial charge in [0.15, 0.2) is 0 Å². The molecule has 0 spiro atoms. The van der Waals surface area contributed by atoms with E-state index in [4.69, 9.17) is 0 Å². The molecule has 3 rings (SSSR count). The van der Waals surface area contributed by atoms with E-state index in [1.54, 1.807) is 4.90 Å². The minimum absolute atomic E-state index is 0.0589. The zero-order chi connectivity index (χ0) is 14.8. The van der Waals surface area contributed by atoms with Crippen molar-refractivity contribution in [2.24, 2.45) is 0 Å². The summed E-state index contributed by atoms with van der Waals surface area (Å²) in [6, 6.07) is 11.4. The molecular weight excluding hydrogens is 266 g/mol. The molecule has 108 valence electrons. The van der Waals surface area contributed by atoms with Crippen molar-refractivity contribution >= 4 is 22.7 Å². The number of carbonyl (C=O) groups excluding carboxylic acids is 2. The van der Waals surface area contributed by atoms with Gasteiger partial charge >= 0.3 is 0 Å². The number of nitrogens with zero attached hydrogens (tertiary/aromatic N) is 2. The molecule has 5 heteroatoms. The maximum Gasteiger partial charge on any atom is 0.243 e. The van der Waals surface area contributed by atoms with E-state index in [0.29, 0.717) is 13.0 Å². The van der Waals surface area contributed by atoms with E-state index in [0.717, 1.165) is 16.6 Å². The molecule has 0 bridgehead atoms. The number of nitrogens with one attached hydrogen (secondary N) is 1. The number of rotatable bonds is 3. The molecule has 2 aromatic rings. The minimum Gasteiger partial charge on any atom is -0.345 e. The molecule has 1 aromatic heterocycles. The Bertz CT molecular complexity index is 699. The van der Waals surface area contributed by atoms with Crippen molar-refractivity contribution < 1.29 is 9.59 Å². The number of piperazine rings is 1. The molecule has 1 aliphatic heterocycles. The summed E-state index contributed by atoms with van der Waals surface area (Å²) >= 11 is 0. The van der Waals surface area contributed by atoms with Gasteiger partial charge in [-0.15, -0.1) is 0 Å². The molecule has 1 atom stereocenters. The normalized spacial score (nSPS) is 18.9. The van der Waals surface area contributed by atoms with Crippen molar-refractivity contribution in [1.82, 2.24) is 15.2 Å². The van der Waals surface area contributed by atoms with Crippen LogP contribution in [-0.4, -0.2) is 34.3 Å². The lowest BCUT2D eigenvalue weighted by Crippen LogP contribution is -2.57. The lowest BCUT2D eigenvalue weighted by molar-refractivity contribution is -0.146. The van der Waals surface area contributed by atoms with Crippen LogP contribution in [0.3, 0.4) is 0 Å². The third kappa shape index (κ3) is 2.59. The predicted molar refractivity (Wildman–Crippen MR) is 79.4 cm³/mol. The number of carbonyl (C=O) groups is 2. The van der Waals surface area contributed by atoms with Gasteiger partial charge in [0, 0.05) is 5.39 Å². The quantitative estimate of drug-likeness (QED) is 0.928. The Hall–Kier alpha value is -2.43. The Morgan fingerprint density at radius 3 is 2.86 bits per heavy atom. The first-order valence-electron chi connectivity index (χ1n) is 7.11. The van der Waals surface area contributed by atoms with E-state index in [-0.39, 0.29) is 18.4 Å². The first kappa shape index (κ1) is 13.5. The molecule has 2 amide bonds. The molecule has 1 aliphatic rings. The van der Waals surface area contributed by atoms with Gasteiger partial charge in [-0.3, -0.25) is 14.6 Å². The lowest BCUT2D eigenvalue weighted by atomic mass is 10.1. The summed E-state index contributed by atoms with van der Waals surface area (Å²) in [4.78, 5) is 30.1. The summed E-state index contributed by atoms with van der Waals surface area (Å²) in [5.74, 6) is -0.144. The van der Waals surface area contributed by atoms with Crippen LogP contribution in [0.4, 0.5) is 0 Å². The summed E-state index contributed by atoms with van der Waals surface area (Å²) in [6.45, 7) is 2.35. The summed E-state index contributed by atoms with van der Waals surface area (Å²) in [7, 11) is 0. The maximum absolute atomic E-state index is 12.1. The standard InChI is InChI=1S/C16H17N3O2/c1-2-14-16(21)17-9-15(20)19(14)10-12-8-7-11-5-3-4-6-13(11)18-12/h3-8,14H,2,9-10H2,1H3,(H,17,21). The van der Waals surface area contributed by atoms with Crippen LogP contribution in [0.5, 0.6) is 0 Å². The number of hydrogen-bond acceptors (Lipinski definition) is 3. The Morgan fingerprint density at radius 1 is 1.24 bits per heavy atom. The molecule has 21 heavy (non-hydrogen) atoms. The zero-order valence-electron chi connectivity index (χ0n) is 11.9. The lowest BCUT2D eigenvalue weighted by Gasteiger charge is -2.34. The van der Waals surface area contributed by atoms with Crippen LogP contribution >= 0.6 is 0 Å². The molecule has 1 fully saturated rings. The van der Waals surface area contributed by atoms with Crippen molar-refractivity contribution in [2.45, 2.75) is 25.9 Å². The van der Waals surface area contributed by atoms with Crippen LogP contribution in [0.25, 0.3) is 10.9 Å². The average Bonchev–Trinajstić information content (AvgIpc) is 2.51. The number of fused-ring (bicyclic) bond motifs is 1. The number of pyridine rings is 1. The molecule has 2 heterocycles. The SMILES string of the molecule is CCC1C(=O)NCC(=O)N1Cc1ccc2ccccc2n1. The van der Waals surface area contributed by atoms with Gasteiger partial charge in [0.05, 0.1) is 24.3 Å². The van der Waals surface area contributed by atoms with E-state index in [1.807, 2.05) is 43.3 Å². The Labute approximate surface area is 123 Å². The van der Waals surface area contributed by atoms with Gasteiger partial charge in [0.2, 0.25) is 11.8 Å². The molecule has 1 N–H and O–H groups in total. The summed E-state index contributed by atoms with van der Waals surface area (Å²) < 4.78 is 0. The van der Waals surface area contributed by atoms with Crippen molar-refractivity contribution in [3.8, 4) is 0 Å². The third-order valence-corrected chi connectivity index (χ3v) is 3.79. The van der Waals surface area contributed by atoms with E-state index in [1.165, 1.54) is 0 Å². The second-order valence-corrected chi connectivity index (χ2v) is 5.16. The summed E-state index contributed by atoms with van der Waals surface area (Å²) in [6.07, 6.45) is 0.602. The molecule has 0 saturated carbocycles. The highest BCUT2D eigenvalue weighted by atomic mass is 16.2. The molecule has 1 aromatic carbocycles. The molecule has 0 aliphatic carbocycles. The number of para-hydroxylation sites is 1. The van der Waals surface area contributed by atoms with E-state index < -0.39 is 6.04 Å². The van der Waals surface area contributed by atoms with Crippen LogP contribution in [0.1, 0.15) is 19.0 Å². The van der Waals surface area contributed by atoms with E-state index in [9.17, 15) is 9.59 Å². The molecule has 1 unspecified atom stereocenters. The first-order valence-corrected chi connectivity index (χ1v) is 7.11. The average molecular weight is 283 g/mol. The van der Waals surface area contributed by atoms with Crippen LogP contribution in [-0.2, 0) is 16.1 Å². The third-order valence-electron chi connectivity index (χ3n) is 3.79. The van der Waals surface area contributed by atoms with Crippen LogP contribution in [0, 0.1) is 0 Å². The Balaban J connectivity index is 1.88. The van der Waals surface area contributed by atoms with Crippen molar-refractivity contribution in [3.63, 3.8) is 0 Å². The number of aromatic nitrogens is 1. The van der Waals surface area contributed by atoms with E-state index in [2.05, 4.69) is 10.3 Å². The van der Waals surface area contributed by atoms with Crippen LogP contribution < -0.4 is 5.32 Å². The van der Waals surface area contributed by atoms with Gasteiger partial charge in [0.25, 0.3) is 0 Å². The van der Waals surface area contributed by atoms with Crippen molar-refractivity contribution in [1.29, 1.82) is 0 Å². The van der Waals surface area contributed by atoms with Gasteiger partial charge in [0.1, 0.15) is 6.04 Å². The fourth-order valence-corrected chi connectivity index (χ4v) is 2.67. The molecule has 0 radical (unpaired) electrons. The second-order valence-electron chi connectivity index (χ2n) is 5.16. The maximum atomic E-state index is 12.1. The largest absolute Gasteiger partial charge is 0.345 e. The predicted octanol–water partition coefficient (Wildman–Crippen LogP) is 1.47. The number of hydrogen-bond donors (Lipinski definition) is 1. The number of benzene rings is 1. The fraction of sp³-hybridized carbons (Fsp3) is 0.312. The monoisotopic (exact) mass is 283 g/mol. The van der Waals surface area contributed by atoms with Crippen LogP contribution in [0.15, 0.2) is 36.4 Å². The highest BCUT2D eigenvalue weighted by molar-refractivity contribution is 5.94. The van der Waals surface area contributed by atoms with Crippen molar-refractivity contribution in [2.75, 3.05) is 6.54 Å². The van der Waals surface area contributed by atoms with Gasteiger partial charge in [-0.25, -0.2) is 0 Å². The van der Waals surface area contributed by atoms with E-state index >= 15 is 0 Å². The summed E-state index contributed by atoms with van der Waals surface area (Å²) in [5, 5.41) is 3.69. The fourth-order valence-electron chi connectivity index (χ4n) is 2.67. The van der Waals surface area contributed by atoms with Crippen LogP contribution in [0.2, 0.25) is 0 Å². The minimum atomic E-state index is -0.403. The smallest absolute Gasteiger partial charge is 0.243 e. The molecule has 1 saturated heterocycles. The second kappa shape index (κ2) is 5.52. The van der Waals surface area contributed by atoms with Gasteiger partial charge < -0.3 is 10.2 Å². The number of amides is 2. The Morgan fingerprint density at radius 2 is 2.05 bits per heavy atom. The topological polar surface area (TPSA) is 62.3 Å². The van der Waals surface area contributed by atoms with Gasteiger partial charge in [-0.1, -0.05) is 31.2 Å². The zero-order valence-corrected chi connectivity index (χ0v) is 11.9. The highest BCUT2D eigenvalue weighted by Crippen LogP contribution is 2.16. The van der Waals surface area contributed by atoms with Crippen molar-refractivity contribution in [3.05, 3.63) is 42.1 Å². The molecule has 5 nitrogen and oxygen atoms in total. The van der Waals surface area contributed by atoms with Gasteiger partial charge in [-0.05, 0) is 18.6 Å². The van der Waals surface area contributed by atoms with Gasteiger partial charge in [-0.2, -0.15) is 0 Å². The first-order chi connectivity index (χ1) is 10.2. The molecular formula is C16H17N3O2. The Kier molecular flexibility index (Phi) is 3.56. The summed E-state index contributed by atoms with van der Waals surface area (Å²) in [5.41, 5.74) is 1.70. The highest BCUT2D eigenvalue weighted by Gasteiger charge is 2.33.